The molecule has 3 aromatic carbocycles. The normalized spacial score (nSPS) is 10.6. The molecule has 0 saturated heterocycles. The first-order chi connectivity index (χ1) is 16.4. The summed E-state index contributed by atoms with van der Waals surface area (Å²) in [6.07, 6.45) is 3.20. The van der Waals surface area contributed by atoms with Gasteiger partial charge in [-0.25, -0.2) is 4.39 Å². The molecule has 0 aliphatic carbocycles. The number of aromatic nitrogens is 2. The number of nitro benzene ring substituents is 1. The maximum atomic E-state index is 13.4. The zero-order chi connectivity index (χ0) is 24.1. The zero-order valence-corrected chi connectivity index (χ0v) is 18.3. The van der Waals surface area contributed by atoms with E-state index in [1.807, 2.05) is 6.07 Å². The third-order valence-corrected chi connectivity index (χ3v) is 5.08. The van der Waals surface area contributed by atoms with Crippen LogP contribution in [0.3, 0.4) is 0 Å². The van der Waals surface area contributed by atoms with E-state index >= 15 is 0 Å². The van der Waals surface area contributed by atoms with E-state index in [1.165, 1.54) is 24.4 Å². The van der Waals surface area contributed by atoms with Crippen LogP contribution in [0, 0.1) is 22.9 Å². The van der Waals surface area contributed by atoms with Gasteiger partial charge in [-0.2, -0.15) is 5.10 Å². The van der Waals surface area contributed by atoms with Crippen LogP contribution >= 0.6 is 0 Å². The monoisotopic (exact) mass is 460 g/mol. The average Bonchev–Trinajstić information content (AvgIpc) is 3.24. The predicted molar refractivity (Wildman–Crippen MR) is 124 cm³/mol. The number of amides is 1. The topological polar surface area (TPSA) is 99.3 Å². The minimum atomic E-state index is -0.438. The molecule has 1 aromatic heterocycles. The van der Waals surface area contributed by atoms with Crippen LogP contribution in [0.2, 0.25) is 0 Å². The first-order valence-corrected chi connectivity index (χ1v) is 10.4. The molecule has 0 aliphatic heterocycles. The number of anilines is 1. The van der Waals surface area contributed by atoms with Crippen LogP contribution in [-0.4, -0.2) is 20.6 Å². The van der Waals surface area contributed by atoms with E-state index in [4.69, 9.17) is 4.74 Å². The summed E-state index contributed by atoms with van der Waals surface area (Å²) in [7, 11) is 0. The number of hydrogen-bond acceptors (Lipinski definition) is 5. The first kappa shape index (κ1) is 22.7. The summed E-state index contributed by atoms with van der Waals surface area (Å²) < 4.78 is 20.7. The van der Waals surface area contributed by atoms with Gasteiger partial charge in [0.05, 0.1) is 23.4 Å². The molecule has 1 N–H and O–H groups in total. The Morgan fingerprint density at radius 3 is 2.68 bits per heavy atom. The molecule has 9 heteroatoms. The summed E-state index contributed by atoms with van der Waals surface area (Å²) in [5, 5.41) is 18.0. The maximum Gasteiger partial charge on any atom is 0.272 e. The van der Waals surface area contributed by atoms with Gasteiger partial charge in [-0.15, -0.1) is 0 Å². The molecule has 0 saturated carbocycles. The van der Waals surface area contributed by atoms with Crippen LogP contribution in [0.25, 0.3) is 0 Å². The molecule has 8 nitrogen and oxygen atoms in total. The van der Waals surface area contributed by atoms with Crippen LogP contribution in [-0.2, 0) is 13.2 Å². The molecule has 0 unspecified atom stereocenters. The molecule has 172 valence electrons. The van der Waals surface area contributed by atoms with Crippen LogP contribution in [0.15, 0.2) is 79.1 Å². The highest BCUT2D eigenvalue weighted by molar-refractivity contribution is 6.04. The van der Waals surface area contributed by atoms with Crippen molar-refractivity contribution in [3.63, 3.8) is 0 Å². The van der Waals surface area contributed by atoms with Crippen molar-refractivity contribution in [1.29, 1.82) is 0 Å². The SMILES string of the molecule is Cc1cc(OCc2cccc(C(=O)Nc3cnn(Cc4cccc(F)c4)c3)c2)ccc1[N+](=O)[O-]. The number of halogens is 1. The lowest BCUT2D eigenvalue weighted by atomic mass is 10.1. The fraction of sp³-hybridized carbons (Fsp3) is 0.120. The Morgan fingerprint density at radius 1 is 1.12 bits per heavy atom. The standard InChI is InChI=1S/C25H21FN4O4/c1-17-10-23(8-9-24(17)30(32)33)34-16-19-5-2-6-20(11-19)25(31)28-22-13-27-29(15-22)14-18-4-3-7-21(26)12-18/h2-13,15H,14,16H2,1H3,(H,28,31). The summed E-state index contributed by atoms with van der Waals surface area (Å²) in [6.45, 7) is 2.22. The number of ether oxygens (including phenoxy) is 1. The number of aryl methyl sites for hydroxylation is 1. The van der Waals surface area contributed by atoms with Gasteiger partial charge in [0.2, 0.25) is 0 Å². The lowest BCUT2D eigenvalue weighted by Crippen LogP contribution is -2.12. The van der Waals surface area contributed by atoms with Crippen LogP contribution in [0.4, 0.5) is 15.8 Å². The van der Waals surface area contributed by atoms with E-state index in [-0.39, 0.29) is 24.0 Å². The lowest BCUT2D eigenvalue weighted by molar-refractivity contribution is -0.385. The Bertz CT molecular complexity index is 1350. The van der Waals surface area contributed by atoms with E-state index < -0.39 is 4.92 Å². The van der Waals surface area contributed by atoms with Crippen molar-refractivity contribution in [3.8, 4) is 5.75 Å². The van der Waals surface area contributed by atoms with Crippen molar-refractivity contribution in [2.24, 2.45) is 0 Å². The highest BCUT2D eigenvalue weighted by atomic mass is 19.1. The van der Waals surface area contributed by atoms with Gasteiger partial charge in [0.25, 0.3) is 11.6 Å². The van der Waals surface area contributed by atoms with Gasteiger partial charge in [-0.1, -0.05) is 24.3 Å². The van der Waals surface area contributed by atoms with Crippen molar-refractivity contribution >= 4 is 17.3 Å². The minimum Gasteiger partial charge on any atom is -0.489 e. The Hall–Kier alpha value is -4.53. The summed E-state index contributed by atoms with van der Waals surface area (Å²) in [5.41, 5.74) is 3.03. The van der Waals surface area contributed by atoms with Crippen LogP contribution < -0.4 is 10.1 Å². The van der Waals surface area contributed by atoms with Gasteiger partial charge in [0.1, 0.15) is 18.2 Å². The van der Waals surface area contributed by atoms with E-state index in [0.29, 0.717) is 29.1 Å². The second-order valence-corrected chi connectivity index (χ2v) is 7.71. The number of hydrogen-bond donors (Lipinski definition) is 1. The summed E-state index contributed by atoms with van der Waals surface area (Å²) in [4.78, 5) is 23.2. The third-order valence-electron chi connectivity index (χ3n) is 5.08. The van der Waals surface area contributed by atoms with Gasteiger partial charge in [-0.05, 0) is 54.4 Å². The molecule has 4 aromatic rings. The molecule has 0 bridgehead atoms. The van der Waals surface area contributed by atoms with Crippen LogP contribution in [0.5, 0.6) is 5.75 Å². The fourth-order valence-electron chi connectivity index (χ4n) is 3.43. The van der Waals surface area contributed by atoms with Gasteiger partial charge in [0, 0.05) is 23.4 Å². The van der Waals surface area contributed by atoms with Gasteiger partial charge < -0.3 is 10.1 Å². The van der Waals surface area contributed by atoms with E-state index in [0.717, 1.165) is 11.1 Å². The highest BCUT2D eigenvalue weighted by Crippen LogP contribution is 2.24. The lowest BCUT2D eigenvalue weighted by Gasteiger charge is -2.09. The summed E-state index contributed by atoms with van der Waals surface area (Å²) in [5.74, 6) is -0.118. The quantitative estimate of drug-likeness (QED) is 0.291. The van der Waals surface area contributed by atoms with Crippen LogP contribution in [0.1, 0.15) is 27.0 Å². The van der Waals surface area contributed by atoms with E-state index in [2.05, 4.69) is 10.4 Å². The van der Waals surface area contributed by atoms with Crippen molar-refractivity contribution in [1.82, 2.24) is 9.78 Å². The van der Waals surface area contributed by atoms with Gasteiger partial charge in [0.15, 0.2) is 0 Å². The molecule has 0 atom stereocenters. The molecule has 1 amide bonds. The highest BCUT2D eigenvalue weighted by Gasteiger charge is 2.12. The molecule has 0 radical (unpaired) electrons. The molecular formula is C25H21FN4O4. The summed E-state index contributed by atoms with van der Waals surface area (Å²) in [6, 6.07) is 17.8. The molecule has 1 heterocycles. The van der Waals surface area contributed by atoms with Gasteiger partial charge in [-0.3, -0.25) is 19.6 Å². The number of benzene rings is 3. The van der Waals surface area contributed by atoms with Gasteiger partial charge >= 0.3 is 0 Å². The number of nitrogens with one attached hydrogen (secondary N) is 1. The maximum absolute atomic E-state index is 13.4. The minimum absolute atomic E-state index is 0.0327. The van der Waals surface area contributed by atoms with Crippen molar-refractivity contribution in [3.05, 3.63) is 117 Å². The Morgan fingerprint density at radius 2 is 1.91 bits per heavy atom. The third kappa shape index (κ3) is 5.63. The fourth-order valence-corrected chi connectivity index (χ4v) is 3.43. The number of carbonyl (C=O) groups excluding carboxylic acids is 1. The predicted octanol–water partition coefficient (Wildman–Crippen LogP) is 5.12. The van der Waals surface area contributed by atoms with Crippen molar-refractivity contribution in [2.45, 2.75) is 20.1 Å². The largest absolute Gasteiger partial charge is 0.489 e. The second kappa shape index (κ2) is 9.95. The number of rotatable bonds is 8. The molecule has 34 heavy (non-hydrogen) atoms. The Kier molecular flexibility index (Phi) is 6.63. The number of nitrogens with zero attached hydrogens (tertiary/aromatic N) is 3. The molecule has 0 spiro atoms. The summed E-state index contributed by atoms with van der Waals surface area (Å²) >= 11 is 0. The van der Waals surface area contributed by atoms with Crippen molar-refractivity contribution in [2.75, 3.05) is 5.32 Å². The van der Waals surface area contributed by atoms with E-state index in [9.17, 15) is 19.3 Å². The second-order valence-electron chi connectivity index (χ2n) is 7.71. The van der Waals surface area contributed by atoms with E-state index in [1.54, 1.807) is 60.3 Å². The number of carbonyl (C=O) groups is 1. The first-order valence-electron chi connectivity index (χ1n) is 10.4. The zero-order valence-electron chi connectivity index (χ0n) is 18.3. The Balaban J connectivity index is 1.37. The Labute approximate surface area is 194 Å². The molecule has 0 fully saturated rings. The molecule has 4 rings (SSSR count). The molecular weight excluding hydrogens is 439 g/mol. The molecule has 0 aliphatic rings. The average molecular weight is 460 g/mol. The number of nitro groups is 1. The van der Waals surface area contributed by atoms with Crippen molar-refractivity contribution < 1.29 is 18.8 Å². The smallest absolute Gasteiger partial charge is 0.272 e.